The van der Waals surface area contributed by atoms with Crippen LogP contribution in [0.2, 0.25) is 0 Å². The Bertz CT molecular complexity index is 630. The Morgan fingerprint density at radius 3 is 2.33 bits per heavy atom. The van der Waals surface area contributed by atoms with Gasteiger partial charge in [-0.2, -0.15) is 5.26 Å². The number of rotatable bonds is 7. The normalized spacial score (nSPS) is 12.9. The molecule has 6 nitrogen and oxygen atoms in total. The molecule has 0 aliphatic rings. The van der Waals surface area contributed by atoms with E-state index in [4.69, 9.17) is 10.4 Å². The SMILES string of the molecule is CC(C)C(CC(=O)O)NS(=O)(=O)Cc1ccc(C#N)cc1. The minimum Gasteiger partial charge on any atom is -0.481 e. The number of hydrogen-bond acceptors (Lipinski definition) is 4. The van der Waals surface area contributed by atoms with Crippen molar-refractivity contribution in [1.29, 1.82) is 5.26 Å². The molecule has 0 saturated heterocycles. The summed E-state index contributed by atoms with van der Waals surface area (Å²) in [5.41, 5.74) is 0.995. The molecule has 0 aliphatic carbocycles. The third-order valence-corrected chi connectivity index (χ3v) is 4.35. The fourth-order valence-electron chi connectivity index (χ4n) is 1.77. The first-order valence-electron chi connectivity index (χ1n) is 6.44. The lowest BCUT2D eigenvalue weighted by molar-refractivity contribution is -0.137. The van der Waals surface area contributed by atoms with Crippen molar-refractivity contribution >= 4 is 16.0 Å². The number of benzene rings is 1. The number of nitrogens with zero attached hydrogens (tertiary/aromatic N) is 1. The maximum Gasteiger partial charge on any atom is 0.304 e. The van der Waals surface area contributed by atoms with Crippen molar-refractivity contribution in [2.45, 2.75) is 32.1 Å². The van der Waals surface area contributed by atoms with Crippen LogP contribution in [0.1, 0.15) is 31.4 Å². The summed E-state index contributed by atoms with van der Waals surface area (Å²) in [6.45, 7) is 3.52. The molecule has 21 heavy (non-hydrogen) atoms. The second-order valence-corrected chi connectivity index (χ2v) is 6.89. The summed E-state index contributed by atoms with van der Waals surface area (Å²) < 4.78 is 26.6. The van der Waals surface area contributed by atoms with E-state index in [1.807, 2.05) is 6.07 Å². The number of sulfonamides is 1. The average molecular weight is 310 g/mol. The molecular formula is C14H18N2O4S. The molecule has 1 unspecified atom stereocenters. The molecule has 1 aromatic carbocycles. The van der Waals surface area contributed by atoms with Crippen molar-refractivity contribution in [1.82, 2.24) is 4.72 Å². The Hall–Kier alpha value is -1.91. The maximum absolute atomic E-state index is 12.1. The Balaban J connectivity index is 2.79. The van der Waals surface area contributed by atoms with E-state index in [9.17, 15) is 13.2 Å². The van der Waals surface area contributed by atoms with Gasteiger partial charge in [0.2, 0.25) is 10.0 Å². The lowest BCUT2D eigenvalue weighted by atomic mass is 10.0. The molecule has 0 aromatic heterocycles. The Morgan fingerprint density at radius 1 is 1.33 bits per heavy atom. The zero-order chi connectivity index (χ0) is 16.0. The van der Waals surface area contributed by atoms with Crippen LogP contribution in [-0.4, -0.2) is 25.5 Å². The van der Waals surface area contributed by atoms with Crippen LogP contribution in [0.4, 0.5) is 0 Å². The fraction of sp³-hybridized carbons (Fsp3) is 0.429. The lowest BCUT2D eigenvalue weighted by Crippen LogP contribution is -2.40. The lowest BCUT2D eigenvalue weighted by Gasteiger charge is -2.20. The molecule has 0 heterocycles. The third kappa shape index (κ3) is 5.94. The van der Waals surface area contributed by atoms with Crippen LogP contribution < -0.4 is 4.72 Å². The number of nitriles is 1. The number of nitrogens with one attached hydrogen (secondary N) is 1. The standard InChI is InChI=1S/C14H18N2O4S/c1-10(2)13(7-14(17)18)16-21(19,20)9-12-5-3-11(8-15)4-6-12/h3-6,10,13,16H,7,9H2,1-2H3,(H,17,18). The first-order chi connectivity index (χ1) is 9.73. The van der Waals surface area contributed by atoms with Crippen molar-refractivity contribution in [3.63, 3.8) is 0 Å². The van der Waals surface area contributed by atoms with Crippen molar-refractivity contribution in [2.24, 2.45) is 5.92 Å². The number of carboxylic acid groups (broad SMARTS) is 1. The van der Waals surface area contributed by atoms with Crippen LogP contribution in [-0.2, 0) is 20.6 Å². The van der Waals surface area contributed by atoms with E-state index >= 15 is 0 Å². The fourth-order valence-corrected chi connectivity index (χ4v) is 3.30. The Labute approximate surface area is 124 Å². The van der Waals surface area contributed by atoms with Gasteiger partial charge in [0.25, 0.3) is 0 Å². The molecule has 0 saturated carbocycles. The molecule has 0 spiro atoms. The molecule has 0 fully saturated rings. The van der Waals surface area contributed by atoms with Crippen LogP contribution in [0.15, 0.2) is 24.3 Å². The summed E-state index contributed by atoms with van der Waals surface area (Å²) in [5.74, 6) is -1.42. The van der Waals surface area contributed by atoms with Crippen molar-refractivity contribution in [2.75, 3.05) is 0 Å². The van der Waals surface area contributed by atoms with Crippen LogP contribution in [0.5, 0.6) is 0 Å². The van der Waals surface area contributed by atoms with E-state index in [-0.39, 0.29) is 18.1 Å². The Morgan fingerprint density at radius 2 is 1.90 bits per heavy atom. The predicted octanol–water partition coefficient (Wildman–Crippen LogP) is 1.48. The second kappa shape index (κ2) is 7.20. The minimum atomic E-state index is -3.64. The number of carboxylic acids is 1. The second-order valence-electron chi connectivity index (χ2n) is 5.13. The molecule has 114 valence electrons. The van der Waals surface area contributed by atoms with Crippen LogP contribution >= 0.6 is 0 Å². The molecule has 0 amide bonds. The van der Waals surface area contributed by atoms with Gasteiger partial charge in [-0.3, -0.25) is 4.79 Å². The highest BCUT2D eigenvalue weighted by Gasteiger charge is 2.23. The topological polar surface area (TPSA) is 107 Å². The van der Waals surface area contributed by atoms with Gasteiger partial charge in [-0.1, -0.05) is 26.0 Å². The van der Waals surface area contributed by atoms with E-state index in [1.54, 1.807) is 38.1 Å². The highest BCUT2D eigenvalue weighted by molar-refractivity contribution is 7.88. The smallest absolute Gasteiger partial charge is 0.304 e. The third-order valence-electron chi connectivity index (χ3n) is 2.97. The van der Waals surface area contributed by atoms with Gasteiger partial charge < -0.3 is 5.11 Å². The zero-order valence-corrected chi connectivity index (χ0v) is 12.7. The first-order valence-corrected chi connectivity index (χ1v) is 8.09. The summed E-state index contributed by atoms with van der Waals surface area (Å²) in [5, 5.41) is 17.5. The van der Waals surface area contributed by atoms with Gasteiger partial charge in [0.1, 0.15) is 0 Å². The highest BCUT2D eigenvalue weighted by Crippen LogP contribution is 2.12. The molecule has 0 bridgehead atoms. The molecule has 7 heteroatoms. The van der Waals surface area contributed by atoms with E-state index in [2.05, 4.69) is 4.72 Å². The van der Waals surface area contributed by atoms with Gasteiger partial charge in [0.15, 0.2) is 0 Å². The predicted molar refractivity (Wildman–Crippen MR) is 77.8 cm³/mol. The van der Waals surface area contributed by atoms with Crippen molar-refractivity contribution in [3.8, 4) is 6.07 Å². The van der Waals surface area contributed by atoms with Crippen LogP contribution in [0, 0.1) is 17.2 Å². The molecule has 1 aromatic rings. The molecule has 0 radical (unpaired) electrons. The molecule has 1 rings (SSSR count). The Kier molecular flexibility index (Phi) is 5.88. The van der Waals surface area contributed by atoms with Gasteiger partial charge in [-0.25, -0.2) is 13.1 Å². The van der Waals surface area contributed by atoms with Crippen molar-refractivity contribution in [3.05, 3.63) is 35.4 Å². The van der Waals surface area contributed by atoms with Crippen molar-refractivity contribution < 1.29 is 18.3 Å². The van der Waals surface area contributed by atoms with E-state index in [1.165, 1.54) is 0 Å². The first kappa shape index (κ1) is 17.1. The van der Waals surface area contributed by atoms with Gasteiger partial charge in [0.05, 0.1) is 23.8 Å². The average Bonchev–Trinajstić information content (AvgIpc) is 2.37. The van der Waals surface area contributed by atoms with Crippen LogP contribution in [0.3, 0.4) is 0 Å². The number of hydrogen-bond donors (Lipinski definition) is 2. The molecular weight excluding hydrogens is 292 g/mol. The van der Waals surface area contributed by atoms with Gasteiger partial charge in [-0.15, -0.1) is 0 Å². The minimum absolute atomic E-state index is 0.128. The molecule has 0 aliphatic heterocycles. The monoisotopic (exact) mass is 310 g/mol. The van der Waals surface area contributed by atoms with E-state index < -0.39 is 22.0 Å². The molecule has 2 N–H and O–H groups in total. The largest absolute Gasteiger partial charge is 0.481 e. The highest BCUT2D eigenvalue weighted by atomic mass is 32.2. The molecule has 1 atom stereocenters. The van der Waals surface area contributed by atoms with Gasteiger partial charge >= 0.3 is 5.97 Å². The van der Waals surface area contributed by atoms with Gasteiger partial charge in [0, 0.05) is 6.04 Å². The number of carbonyl (C=O) groups is 1. The maximum atomic E-state index is 12.1. The summed E-state index contributed by atoms with van der Waals surface area (Å²) >= 11 is 0. The summed E-state index contributed by atoms with van der Waals surface area (Å²) in [7, 11) is -3.64. The van der Waals surface area contributed by atoms with Crippen LogP contribution in [0.25, 0.3) is 0 Å². The zero-order valence-electron chi connectivity index (χ0n) is 11.9. The van der Waals surface area contributed by atoms with E-state index in [0.29, 0.717) is 11.1 Å². The summed E-state index contributed by atoms with van der Waals surface area (Å²) in [4.78, 5) is 10.8. The quantitative estimate of drug-likeness (QED) is 0.793. The summed E-state index contributed by atoms with van der Waals surface area (Å²) in [6.07, 6.45) is -0.260. The number of aliphatic carboxylic acids is 1. The van der Waals surface area contributed by atoms with E-state index in [0.717, 1.165) is 0 Å². The summed E-state index contributed by atoms with van der Waals surface area (Å²) in [6, 6.07) is 7.53. The van der Waals surface area contributed by atoms with Gasteiger partial charge in [-0.05, 0) is 23.6 Å².